The molecule has 0 radical (unpaired) electrons. The minimum atomic E-state index is -6.69. The van der Waals surface area contributed by atoms with Crippen LogP contribution in [0.5, 0.6) is 0 Å². The van der Waals surface area contributed by atoms with E-state index in [-0.39, 0.29) is 31.0 Å². The second kappa shape index (κ2) is 9.32. The Labute approximate surface area is 205 Å². The summed E-state index contributed by atoms with van der Waals surface area (Å²) >= 11 is 0. The Morgan fingerprint density at radius 2 is 1.57 bits per heavy atom. The summed E-state index contributed by atoms with van der Waals surface area (Å²) in [6.07, 6.45) is -7.82. The summed E-state index contributed by atoms with van der Waals surface area (Å²) in [7, 11) is -6.69. The number of halogens is 7. The quantitative estimate of drug-likeness (QED) is 0.181. The van der Waals surface area contributed by atoms with Gasteiger partial charge in [0.05, 0.1) is 18.6 Å². The van der Waals surface area contributed by atoms with Gasteiger partial charge in [0.15, 0.2) is 0 Å². The van der Waals surface area contributed by atoms with Crippen molar-refractivity contribution < 1.29 is 72.3 Å². The fourth-order valence-electron chi connectivity index (χ4n) is 5.50. The van der Waals surface area contributed by atoms with Gasteiger partial charge < -0.3 is 14.2 Å². The van der Waals surface area contributed by atoms with Gasteiger partial charge in [-0.05, 0) is 44.9 Å². The molecule has 212 valence electrons. The van der Waals surface area contributed by atoms with Gasteiger partial charge in [-0.25, -0.2) is 4.79 Å². The molecule has 4 fully saturated rings. The Kier molecular flexibility index (Phi) is 7.44. The number of alkyl halides is 7. The van der Waals surface area contributed by atoms with Crippen molar-refractivity contribution >= 4 is 27.8 Å². The van der Waals surface area contributed by atoms with Gasteiger partial charge in [0.25, 0.3) is 0 Å². The molecule has 0 aliphatic heterocycles. The molecule has 4 aliphatic rings. The van der Waals surface area contributed by atoms with Crippen molar-refractivity contribution in [3.63, 3.8) is 0 Å². The van der Waals surface area contributed by atoms with E-state index in [9.17, 15) is 53.5 Å². The predicted octanol–water partition coefficient (Wildman–Crippen LogP) is 3.27. The molecule has 0 aromatic carbocycles. The Balaban J connectivity index is 1.90. The third-order valence-electron chi connectivity index (χ3n) is 7.05. The summed E-state index contributed by atoms with van der Waals surface area (Å²) in [6, 6.07) is 0. The number of esters is 2. The summed E-state index contributed by atoms with van der Waals surface area (Å²) in [4.78, 5) is 37.8. The zero-order chi connectivity index (χ0) is 28.2. The molecule has 0 aromatic rings. The first-order chi connectivity index (χ1) is 16.7. The average Bonchev–Trinajstić information content (AvgIpc) is 2.74. The molecule has 4 aliphatic carbocycles. The molecule has 3 unspecified atom stereocenters. The van der Waals surface area contributed by atoms with Crippen molar-refractivity contribution in [3.8, 4) is 0 Å². The standard InChI is InChI=1S/C20H23F7O9S/c1-2-34-15(30)18(19(23,24)25,35-4-3-17(21,22)20(26,27)37(31,32)33)36-14(29)16-7-10-5-11(8-16)13(28)12(6-10)9-16/h10-12H,2-9H2,1H3,(H,31,32,33). The third-order valence-corrected chi connectivity index (χ3v) is 8.00. The number of ether oxygens (including phenoxy) is 3. The zero-order valence-electron chi connectivity index (χ0n) is 19.2. The zero-order valence-corrected chi connectivity index (χ0v) is 20.0. The maximum absolute atomic E-state index is 14.2. The molecule has 17 heteroatoms. The number of hydrogen-bond acceptors (Lipinski definition) is 8. The normalized spacial score (nSPS) is 29.6. The smallest absolute Gasteiger partial charge is 0.461 e. The Morgan fingerprint density at radius 1 is 1.03 bits per heavy atom. The van der Waals surface area contributed by atoms with Crippen LogP contribution in [0.3, 0.4) is 0 Å². The molecule has 1 N–H and O–H groups in total. The van der Waals surface area contributed by atoms with Crippen LogP contribution in [-0.2, 0) is 38.7 Å². The van der Waals surface area contributed by atoms with Crippen LogP contribution in [0, 0.1) is 23.2 Å². The molecular weight excluding hydrogens is 549 g/mol. The fraction of sp³-hybridized carbons (Fsp3) is 0.850. The van der Waals surface area contributed by atoms with Crippen LogP contribution in [-0.4, -0.2) is 67.0 Å². The van der Waals surface area contributed by atoms with Crippen molar-refractivity contribution in [1.82, 2.24) is 0 Å². The average molecular weight is 572 g/mol. The van der Waals surface area contributed by atoms with E-state index < -0.39 is 82.1 Å². The summed E-state index contributed by atoms with van der Waals surface area (Å²) in [6.45, 7) is -1.74. The van der Waals surface area contributed by atoms with E-state index in [1.54, 1.807) is 0 Å². The number of hydrogen-bond donors (Lipinski definition) is 1. The van der Waals surface area contributed by atoms with Crippen LogP contribution in [0.2, 0.25) is 0 Å². The predicted molar refractivity (Wildman–Crippen MR) is 105 cm³/mol. The first-order valence-electron chi connectivity index (χ1n) is 11.1. The molecule has 0 amide bonds. The van der Waals surface area contributed by atoms with E-state index in [1.165, 1.54) is 0 Å². The largest absolute Gasteiger partial charge is 0.468 e. The summed E-state index contributed by atoms with van der Waals surface area (Å²) < 4.78 is 140. The number of carbonyl (C=O) groups is 3. The maximum Gasteiger partial charge on any atom is 0.468 e. The van der Waals surface area contributed by atoms with Gasteiger partial charge >= 0.3 is 45.2 Å². The van der Waals surface area contributed by atoms with Gasteiger partial charge in [0, 0.05) is 18.3 Å². The second-order valence-electron chi connectivity index (χ2n) is 9.55. The van der Waals surface area contributed by atoms with Crippen LogP contribution in [0.15, 0.2) is 0 Å². The molecule has 37 heavy (non-hydrogen) atoms. The highest BCUT2D eigenvalue weighted by molar-refractivity contribution is 7.87. The monoisotopic (exact) mass is 572 g/mol. The fourth-order valence-corrected chi connectivity index (χ4v) is 5.98. The SMILES string of the molecule is CCOC(=O)C(OCCC(F)(F)C(F)(F)S(=O)(=O)O)(OC(=O)C12CC3CC(C1)C(=O)C(C3)C2)C(F)(F)F. The van der Waals surface area contributed by atoms with Crippen molar-refractivity contribution in [2.75, 3.05) is 13.2 Å². The molecule has 4 bridgehead atoms. The summed E-state index contributed by atoms with van der Waals surface area (Å²) in [5, 5.41) is -6.11. The lowest BCUT2D eigenvalue weighted by Gasteiger charge is -2.54. The summed E-state index contributed by atoms with van der Waals surface area (Å²) in [5.41, 5.74) is -1.60. The number of Topliss-reactive ketones (excluding diaryl/α,β-unsaturated/α-hetero) is 1. The van der Waals surface area contributed by atoms with E-state index in [0.717, 1.165) is 6.92 Å². The van der Waals surface area contributed by atoms with Crippen molar-refractivity contribution in [1.29, 1.82) is 0 Å². The first kappa shape index (κ1) is 29.5. The van der Waals surface area contributed by atoms with E-state index in [0.29, 0.717) is 12.8 Å². The van der Waals surface area contributed by atoms with Gasteiger partial charge in [0.2, 0.25) is 0 Å². The molecule has 0 saturated heterocycles. The third kappa shape index (κ3) is 4.93. The van der Waals surface area contributed by atoms with Gasteiger partial charge in [0.1, 0.15) is 5.78 Å². The molecule has 0 aromatic heterocycles. The van der Waals surface area contributed by atoms with Gasteiger partial charge in [-0.1, -0.05) is 0 Å². The maximum atomic E-state index is 14.2. The number of ketones is 1. The first-order valence-corrected chi connectivity index (χ1v) is 12.5. The Morgan fingerprint density at radius 3 is 2.03 bits per heavy atom. The number of rotatable bonds is 10. The lowest BCUT2D eigenvalue weighted by Crippen LogP contribution is -2.62. The van der Waals surface area contributed by atoms with Crippen LogP contribution in [0.1, 0.15) is 45.4 Å². The molecule has 0 spiro atoms. The van der Waals surface area contributed by atoms with Gasteiger partial charge in [-0.3, -0.25) is 14.1 Å². The molecule has 0 heterocycles. The van der Waals surface area contributed by atoms with Crippen LogP contribution >= 0.6 is 0 Å². The van der Waals surface area contributed by atoms with Gasteiger partial charge in [-0.2, -0.15) is 39.2 Å². The molecule has 4 saturated carbocycles. The lowest BCUT2D eigenvalue weighted by molar-refractivity contribution is -0.361. The van der Waals surface area contributed by atoms with E-state index in [4.69, 9.17) is 4.55 Å². The Bertz CT molecular complexity index is 1040. The van der Waals surface area contributed by atoms with Crippen LogP contribution in [0.4, 0.5) is 30.7 Å². The van der Waals surface area contributed by atoms with E-state index in [2.05, 4.69) is 14.2 Å². The highest BCUT2D eigenvalue weighted by atomic mass is 32.2. The second-order valence-corrected chi connectivity index (χ2v) is 11.0. The highest BCUT2D eigenvalue weighted by Crippen LogP contribution is 2.59. The lowest BCUT2D eigenvalue weighted by atomic mass is 9.49. The highest BCUT2D eigenvalue weighted by Gasteiger charge is 2.71. The number of carbonyl (C=O) groups excluding carboxylic acids is 3. The molecule has 4 rings (SSSR count). The van der Waals surface area contributed by atoms with Crippen molar-refractivity contribution in [2.24, 2.45) is 23.2 Å². The minimum Gasteiger partial charge on any atom is -0.461 e. The van der Waals surface area contributed by atoms with Crippen molar-refractivity contribution in [3.05, 3.63) is 0 Å². The molecule has 3 atom stereocenters. The van der Waals surface area contributed by atoms with E-state index >= 15 is 0 Å². The topological polar surface area (TPSA) is 133 Å². The van der Waals surface area contributed by atoms with Crippen LogP contribution < -0.4 is 0 Å². The van der Waals surface area contributed by atoms with Crippen molar-refractivity contribution in [2.45, 2.75) is 68.6 Å². The summed E-state index contributed by atoms with van der Waals surface area (Å²) in [5.74, 6) is -15.8. The van der Waals surface area contributed by atoms with Crippen LogP contribution in [0.25, 0.3) is 0 Å². The Hall–Kier alpha value is -2.01. The van der Waals surface area contributed by atoms with E-state index in [1.807, 2.05) is 0 Å². The van der Waals surface area contributed by atoms with Gasteiger partial charge in [-0.15, -0.1) is 0 Å². The molecule has 9 nitrogen and oxygen atoms in total. The molecular formula is C20H23F7O9S. The minimum absolute atomic E-state index is 0.0432.